The quantitative estimate of drug-likeness (QED) is 0.801. The Labute approximate surface area is 129 Å². The maximum atomic E-state index is 8.93. The van der Waals surface area contributed by atoms with E-state index < -0.39 is 0 Å². The van der Waals surface area contributed by atoms with Gasteiger partial charge in [-0.25, -0.2) is 4.98 Å². The predicted molar refractivity (Wildman–Crippen MR) is 83.6 cm³/mol. The van der Waals surface area contributed by atoms with Gasteiger partial charge in [-0.15, -0.1) is 11.3 Å². The third-order valence-corrected chi connectivity index (χ3v) is 4.72. The molecule has 0 aliphatic heterocycles. The zero-order valence-corrected chi connectivity index (χ0v) is 12.9. The van der Waals surface area contributed by atoms with E-state index >= 15 is 0 Å². The Morgan fingerprint density at radius 2 is 2.19 bits per heavy atom. The predicted octanol–water partition coefficient (Wildman–Crippen LogP) is 4.23. The SMILES string of the molecule is CCc1ccccc1OCc1nc(C2CC2)c(CC#N)s1. The van der Waals surface area contributed by atoms with E-state index in [0.717, 1.165) is 27.7 Å². The van der Waals surface area contributed by atoms with E-state index in [2.05, 4.69) is 19.1 Å². The summed E-state index contributed by atoms with van der Waals surface area (Å²) in [7, 11) is 0. The third kappa shape index (κ3) is 3.25. The van der Waals surface area contributed by atoms with Gasteiger partial charge in [0.25, 0.3) is 0 Å². The maximum absolute atomic E-state index is 8.93. The van der Waals surface area contributed by atoms with E-state index in [9.17, 15) is 0 Å². The van der Waals surface area contributed by atoms with Crippen LogP contribution in [0.2, 0.25) is 0 Å². The van der Waals surface area contributed by atoms with Crippen LogP contribution in [-0.2, 0) is 19.4 Å². The van der Waals surface area contributed by atoms with Crippen LogP contribution in [0.3, 0.4) is 0 Å². The number of aromatic nitrogens is 1. The van der Waals surface area contributed by atoms with Crippen LogP contribution in [0.4, 0.5) is 0 Å². The molecule has 0 spiro atoms. The van der Waals surface area contributed by atoms with E-state index in [1.54, 1.807) is 11.3 Å². The summed E-state index contributed by atoms with van der Waals surface area (Å²) in [5.74, 6) is 1.52. The Bertz CT molecular complexity index is 668. The standard InChI is InChI=1S/C17H18N2OS/c1-2-12-5-3-4-6-14(12)20-11-16-19-17(13-7-8-13)15(21-16)9-10-18/h3-6,13H,2,7-9,11H2,1H3. The Balaban J connectivity index is 1.73. The zero-order chi connectivity index (χ0) is 14.7. The second-order valence-corrected chi connectivity index (χ2v) is 6.44. The Hall–Kier alpha value is -1.86. The molecule has 1 heterocycles. The van der Waals surface area contributed by atoms with Gasteiger partial charge in [-0.1, -0.05) is 25.1 Å². The lowest BCUT2D eigenvalue weighted by molar-refractivity contribution is 0.302. The van der Waals surface area contributed by atoms with Gasteiger partial charge in [0.05, 0.1) is 18.2 Å². The first-order chi connectivity index (χ1) is 10.3. The molecule has 0 bridgehead atoms. The molecule has 1 aromatic carbocycles. The van der Waals surface area contributed by atoms with Crippen molar-refractivity contribution < 1.29 is 4.74 Å². The summed E-state index contributed by atoms with van der Waals surface area (Å²) in [5, 5.41) is 9.91. The van der Waals surface area contributed by atoms with Crippen molar-refractivity contribution in [2.75, 3.05) is 0 Å². The molecule has 0 unspecified atom stereocenters. The molecule has 1 aliphatic rings. The highest BCUT2D eigenvalue weighted by atomic mass is 32.1. The van der Waals surface area contributed by atoms with E-state index in [1.165, 1.54) is 18.4 Å². The molecule has 1 fully saturated rings. The van der Waals surface area contributed by atoms with Crippen molar-refractivity contribution in [2.24, 2.45) is 0 Å². The molecule has 21 heavy (non-hydrogen) atoms. The molecule has 0 N–H and O–H groups in total. The number of rotatable bonds is 6. The lowest BCUT2D eigenvalue weighted by atomic mass is 10.1. The molecule has 3 nitrogen and oxygen atoms in total. The van der Waals surface area contributed by atoms with Crippen LogP contribution in [0.1, 0.15) is 46.8 Å². The van der Waals surface area contributed by atoms with Crippen LogP contribution in [-0.4, -0.2) is 4.98 Å². The second-order valence-electron chi connectivity index (χ2n) is 5.28. The zero-order valence-electron chi connectivity index (χ0n) is 12.1. The Kier molecular flexibility index (Phi) is 4.21. The lowest BCUT2D eigenvalue weighted by Gasteiger charge is -2.08. The van der Waals surface area contributed by atoms with Gasteiger partial charge < -0.3 is 4.74 Å². The van der Waals surface area contributed by atoms with Crippen molar-refractivity contribution in [1.29, 1.82) is 5.26 Å². The van der Waals surface area contributed by atoms with E-state index in [4.69, 9.17) is 15.0 Å². The molecular formula is C17H18N2OS. The van der Waals surface area contributed by atoms with Gasteiger partial charge in [-0.05, 0) is 30.9 Å². The fourth-order valence-corrected chi connectivity index (χ4v) is 3.43. The van der Waals surface area contributed by atoms with Gasteiger partial charge >= 0.3 is 0 Å². The van der Waals surface area contributed by atoms with Crippen molar-refractivity contribution in [1.82, 2.24) is 4.98 Å². The number of nitrogens with zero attached hydrogens (tertiary/aromatic N) is 2. The third-order valence-electron chi connectivity index (χ3n) is 3.68. The minimum Gasteiger partial charge on any atom is -0.486 e. The normalized spacial score (nSPS) is 13.9. The number of aryl methyl sites for hydroxylation is 1. The summed E-state index contributed by atoms with van der Waals surface area (Å²) in [4.78, 5) is 5.83. The molecule has 108 valence electrons. The first kappa shape index (κ1) is 14.1. The van der Waals surface area contributed by atoms with E-state index in [0.29, 0.717) is 18.9 Å². The number of hydrogen-bond donors (Lipinski definition) is 0. The fraction of sp³-hybridized carbons (Fsp3) is 0.412. The molecule has 0 radical (unpaired) electrons. The molecule has 1 aromatic heterocycles. The summed E-state index contributed by atoms with van der Waals surface area (Å²) < 4.78 is 5.93. The first-order valence-electron chi connectivity index (χ1n) is 7.38. The molecule has 3 rings (SSSR count). The van der Waals surface area contributed by atoms with Crippen LogP contribution in [0.15, 0.2) is 24.3 Å². The topological polar surface area (TPSA) is 45.9 Å². The second kappa shape index (κ2) is 6.28. The number of ether oxygens (including phenoxy) is 1. The largest absolute Gasteiger partial charge is 0.486 e. The molecule has 4 heteroatoms. The first-order valence-corrected chi connectivity index (χ1v) is 8.19. The van der Waals surface area contributed by atoms with Gasteiger partial charge in [-0.3, -0.25) is 0 Å². The van der Waals surface area contributed by atoms with E-state index in [-0.39, 0.29) is 0 Å². The minimum atomic E-state index is 0.467. The van der Waals surface area contributed by atoms with Crippen LogP contribution in [0.25, 0.3) is 0 Å². The summed E-state index contributed by atoms with van der Waals surface area (Å²) in [5.41, 5.74) is 2.36. The van der Waals surface area contributed by atoms with E-state index in [1.807, 2.05) is 18.2 Å². The smallest absolute Gasteiger partial charge is 0.140 e. The molecule has 0 amide bonds. The van der Waals surface area contributed by atoms with Gasteiger partial charge in [0, 0.05) is 10.8 Å². The average molecular weight is 298 g/mol. The molecule has 0 saturated heterocycles. The summed E-state index contributed by atoms with van der Waals surface area (Å²) in [6, 6.07) is 10.4. The monoisotopic (exact) mass is 298 g/mol. The number of hydrogen-bond acceptors (Lipinski definition) is 4. The Morgan fingerprint density at radius 1 is 1.38 bits per heavy atom. The van der Waals surface area contributed by atoms with Crippen molar-refractivity contribution in [3.63, 3.8) is 0 Å². The van der Waals surface area contributed by atoms with Gasteiger partial charge in [0.1, 0.15) is 17.4 Å². The lowest BCUT2D eigenvalue weighted by Crippen LogP contribution is -1.98. The molecule has 1 aliphatic carbocycles. The minimum absolute atomic E-state index is 0.467. The molecule has 1 saturated carbocycles. The van der Waals surface area contributed by atoms with Crippen molar-refractivity contribution >= 4 is 11.3 Å². The highest BCUT2D eigenvalue weighted by Crippen LogP contribution is 2.42. The highest BCUT2D eigenvalue weighted by molar-refractivity contribution is 7.11. The van der Waals surface area contributed by atoms with Gasteiger partial charge in [0.2, 0.25) is 0 Å². The van der Waals surface area contributed by atoms with Crippen LogP contribution in [0, 0.1) is 11.3 Å². The number of nitriles is 1. The Morgan fingerprint density at radius 3 is 2.90 bits per heavy atom. The van der Waals surface area contributed by atoms with Crippen molar-refractivity contribution in [3.8, 4) is 11.8 Å². The van der Waals surface area contributed by atoms with Crippen molar-refractivity contribution in [3.05, 3.63) is 45.4 Å². The molecule has 2 aromatic rings. The summed E-state index contributed by atoms with van der Waals surface area (Å²) in [6.45, 7) is 2.62. The van der Waals surface area contributed by atoms with Gasteiger partial charge in [0.15, 0.2) is 0 Å². The maximum Gasteiger partial charge on any atom is 0.140 e. The number of benzene rings is 1. The summed E-state index contributed by atoms with van der Waals surface area (Å²) in [6.07, 6.45) is 3.85. The van der Waals surface area contributed by atoms with Crippen LogP contribution >= 0.6 is 11.3 Å². The van der Waals surface area contributed by atoms with Gasteiger partial charge in [-0.2, -0.15) is 5.26 Å². The fourth-order valence-electron chi connectivity index (χ4n) is 2.43. The number of thiazole rings is 1. The van der Waals surface area contributed by atoms with Crippen LogP contribution < -0.4 is 4.74 Å². The molecular weight excluding hydrogens is 280 g/mol. The number of para-hydroxylation sites is 1. The average Bonchev–Trinajstić information content (AvgIpc) is 3.28. The highest BCUT2D eigenvalue weighted by Gasteiger charge is 2.29. The van der Waals surface area contributed by atoms with Crippen LogP contribution in [0.5, 0.6) is 5.75 Å². The van der Waals surface area contributed by atoms with Crippen molar-refractivity contribution in [2.45, 2.75) is 45.1 Å². The summed E-state index contributed by atoms with van der Waals surface area (Å²) >= 11 is 1.63. The molecule has 0 atom stereocenters.